The lowest BCUT2D eigenvalue weighted by atomic mass is 9.99. The topological polar surface area (TPSA) is 97.1 Å². The minimum Gasteiger partial charge on any atom is -0.364 e. The summed E-state index contributed by atoms with van der Waals surface area (Å²) in [6.45, 7) is 1.64. The van der Waals surface area contributed by atoms with Gasteiger partial charge in [0.05, 0.1) is 4.92 Å². The number of aromatic nitrogens is 3. The zero-order valence-corrected chi connectivity index (χ0v) is 17.5. The van der Waals surface area contributed by atoms with E-state index in [0.717, 1.165) is 17.7 Å². The Bertz CT molecular complexity index is 1090. The van der Waals surface area contributed by atoms with Gasteiger partial charge in [-0.3, -0.25) is 15.1 Å². The van der Waals surface area contributed by atoms with Crippen LogP contribution in [0.2, 0.25) is 5.02 Å². The average molecular weight is 437 g/mol. The monoisotopic (exact) mass is 436 g/mol. The quantitative estimate of drug-likeness (QED) is 0.433. The second-order valence-corrected chi connectivity index (χ2v) is 7.52. The number of nitrogens with one attached hydrogen (secondary N) is 1. The predicted molar refractivity (Wildman–Crippen MR) is 121 cm³/mol. The Morgan fingerprint density at radius 2 is 1.97 bits per heavy atom. The summed E-state index contributed by atoms with van der Waals surface area (Å²) in [5.74, 6) is 0.546. The zero-order valence-electron chi connectivity index (χ0n) is 16.7. The van der Waals surface area contributed by atoms with Gasteiger partial charge in [0.15, 0.2) is 0 Å². The van der Waals surface area contributed by atoms with Crippen molar-refractivity contribution in [3.05, 3.63) is 87.5 Å². The maximum Gasteiger partial charge on any atom is 0.353 e. The van der Waals surface area contributed by atoms with Gasteiger partial charge in [-0.05, 0) is 41.8 Å². The highest BCUT2D eigenvalue weighted by molar-refractivity contribution is 6.30. The summed E-state index contributed by atoms with van der Waals surface area (Å²) in [7, 11) is 0. The standard InChI is InChI=1S/C22H21ClN6O2/c23-18-6-4-16(5-7-18)17-9-13-28(14-10-17)22-20(29(30)31)21(26-15-27-22)25-12-8-19-3-1-2-11-24-19/h1-7,9,11,15H,8,10,12-14H2,(H,25,26,27). The van der Waals surface area contributed by atoms with Crippen molar-refractivity contribution in [2.24, 2.45) is 0 Å². The first-order valence-corrected chi connectivity index (χ1v) is 10.3. The Balaban J connectivity index is 1.50. The Labute approximate surface area is 184 Å². The van der Waals surface area contributed by atoms with Crippen LogP contribution in [0, 0.1) is 10.1 Å². The van der Waals surface area contributed by atoms with Crippen LogP contribution >= 0.6 is 11.6 Å². The Kier molecular flexibility index (Phi) is 6.37. The molecule has 0 radical (unpaired) electrons. The van der Waals surface area contributed by atoms with E-state index in [4.69, 9.17) is 11.6 Å². The second kappa shape index (κ2) is 9.53. The van der Waals surface area contributed by atoms with E-state index in [-0.39, 0.29) is 11.5 Å². The minimum atomic E-state index is -0.420. The van der Waals surface area contributed by atoms with Crippen LogP contribution < -0.4 is 10.2 Å². The van der Waals surface area contributed by atoms with E-state index in [0.29, 0.717) is 36.9 Å². The maximum absolute atomic E-state index is 11.9. The summed E-state index contributed by atoms with van der Waals surface area (Å²) in [6, 6.07) is 13.4. The van der Waals surface area contributed by atoms with Gasteiger partial charge in [-0.1, -0.05) is 35.9 Å². The average Bonchev–Trinajstić information content (AvgIpc) is 2.80. The molecule has 9 heteroatoms. The van der Waals surface area contributed by atoms with E-state index in [2.05, 4.69) is 26.3 Å². The molecule has 1 aromatic carbocycles. The minimum absolute atomic E-state index is 0.105. The first kappa shape index (κ1) is 20.7. The Hall–Kier alpha value is -3.52. The number of hydrogen-bond acceptors (Lipinski definition) is 7. The lowest BCUT2D eigenvalue weighted by Gasteiger charge is -2.27. The lowest BCUT2D eigenvalue weighted by Crippen LogP contribution is -2.30. The lowest BCUT2D eigenvalue weighted by molar-refractivity contribution is -0.383. The van der Waals surface area contributed by atoms with Crippen LogP contribution in [0.15, 0.2) is 61.1 Å². The molecule has 0 atom stereocenters. The Morgan fingerprint density at radius 1 is 1.13 bits per heavy atom. The molecule has 2 aromatic heterocycles. The summed E-state index contributed by atoms with van der Waals surface area (Å²) in [5.41, 5.74) is 3.10. The number of pyridine rings is 1. The van der Waals surface area contributed by atoms with Crippen LogP contribution in [-0.2, 0) is 6.42 Å². The van der Waals surface area contributed by atoms with Crippen LogP contribution in [0.5, 0.6) is 0 Å². The van der Waals surface area contributed by atoms with Crippen molar-refractivity contribution in [3.8, 4) is 0 Å². The van der Waals surface area contributed by atoms with Crippen molar-refractivity contribution in [1.82, 2.24) is 15.0 Å². The van der Waals surface area contributed by atoms with Crippen LogP contribution in [0.4, 0.5) is 17.3 Å². The van der Waals surface area contributed by atoms with E-state index < -0.39 is 4.92 Å². The molecule has 3 heterocycles. The highest BCUT2D eigenvalue weighted by atomic mass is 35.5. The maximum atomic E-state index is 11.9. The molecule has 0 fully saturated rings. The molecule has 3 aromatic rings. The number of nitrogens with zero attached hydrogens (tertiary/aromatic N) is 5. The van der Waals surface area contributed by atoms with Crippen LogP contribution in [0.1, 0.15) is 17.7 Å². The molecular weight excluding hydrogens is 416 g/mol. The summed E-state index contributed by atoms with van der Waals surface area (Å²) in [4.78, 5) is 26.0. The molecule has 1 aliphatic heterocycles. The van der Waals surface area contributed by atoms with E-state index in [1.54, 1.807) is 6.20 Å². The molecule has 0 bridgehead atoms. The molecule has 8 nitrogen and oxygen atoms in total. The first-order chi connectivity index (χ1) is 15.1. The number of benzene rings is 1. The summed E-state index contributed by atoms with van der Waals surface area (Å²) < 4.78 is 0. The van der Waals surface area contributed by atoms with Gasteiger partial charge in [0, 0.05) is 43.0 Å². The second-order valence-electron chi connectivity index (χ2n) is 7.08. The normalized spacial score (nSPS) is 13.6. The van der Waals surface area contributed by atoms with E-state index in [9.17, 15) is 10.1 Å². The van der Waals surface area contributed by atoms with E-state index >= 15 is 0 Å². The molecule has 4 rings (SSSR count). The van der Waals surface area contributed by atoms with Gasteiger partial charge < -0.3 is 10.2 Å². The van der Waals surface area contributed by atoms with Gasteiger partial charge in [0.25, 0.3) is 0 Å². The van der Waals surface area contributed by atoms with Crippen LogP contribution in [0.3, 0.4) is 0 Å². The third-order valence-corrected chi connectivity index (χ3v) is 5.36. The van der Waals surface area contributed by atoms with Gasteiger partial charge >= 0.3 is 5.69 Å². The van der Waals surface area contributed by atoms with E-state index in [1.807, 2.05) is 47.4 Å². The van der Waals surface area contributed by atoms with Gasteiger partial charge in [-0.25, -0.2) is 9.97 Å². The van der Waals surface area contributed by atoms with Crippen molar-refractivity contribution in [2.75, 3.05) is 29.9 Å². The predicted octanol–water partition coefficient (Wildman–Crippen LogP) is 4.38. The molecule has 1 N–H and O–H groups in total. The summed E-state index contributed by atoms with van der Waals surface area (Å²) >= 11 is 5.97. The van der Waals surface area contributed by atoms with Crippen molar-refractivity contribution in [2.45, 2.75) is 12.8 Å². The van der Waals surface area contributed by atoms with Gasteiger partial charge in [0.1, 0.15) is 6.33 Å². The molecular formula is C22H21ClN6O2. The van der Waals surface area contributed by atoms with Crippen LogP contribution in [-0.4, -0.2) is 39.5 Å². The molecule has 0 saturated carbocycles. The fourth-order valence-electron chi connectivity index (χ4n) is 3.54. The zero-order chi connectivity index (χ0) is 21.6. The molecule has 31 heavy (non-hydrogen) atoms. The SMILES string of the molecule is O=[N+]([O-])c1c(NCCc2ccccn2)ncnc1N1CC=C(c2ccc(Cl)cc2)CC1. The van der Waals surface area contributed by atoms with Crippen molar-refractivity contribution in [1.29, 1.82) is 0 Å². The largest absolute Gasteiger partial charge is 0.364 e. The van der Waals surface area contributed by atoms with Gasteiger partial charge in [-0.2, -0.15) is 0 Å². The smallest absolute Gasteiger partial charge is 0.353 e. The number of hydrogen-bond donors (Lipinski definition) is 1. The molecule has 0 saturated heterocycles. The molecule has 0 amide bonds. The highest BCUT2D eigenvalue weighted by Crippen LogP contribution is 2.34. The Morgan fingerprint density at radius 3 is 2.65 bits per heavy atom. The third-order valence-electron chi connectivity index (χ3n) is 5.11. The van der Waals surface area contributed by atoms with Gasteiger partial charge in [-0.15, -0.1) is 0 Å². The van der Waals surface area contributed by atoms with Crippen molar-refractivity contribution >= 4 is 34.5 Å². The molecule has 158 valence electrons. The molecule has 0 aliphatic carbocycles. The number of rotatable bonds is 7. The molecule has 1 aliphatic rings. The fraction of sp³-hybridized carbons (Fsp3) is 0.227. The van der Waals surface area contributed by atoms with E-state index in [1.165, 1.54) is 11.9 Å². The number of anilines is 2. The van der Waals surface area contributed by atoms with Crippen molar-refractivity contribution < 1.29 is 4.92 Å². The number of halogens is 1. The summed E-state index contributed by atoms with van der Waals surface area (Å²) in [6.07, 6.45) is 6.55. The fourth-order valence-corrected chi connectivity index (χ4v) is 3.67. The first-order valence-electron chi connectivity index (χ1n) is 9.95. The van der Waals surface area contributed by atoms with Crippen molar-refractivity contribution in [3.63, 3.8) is 0 Å². The third kappa shape index (κ3) is 4.97. The van der Waals surface area contributed by atoms with Crippen LogP contribution in [0.25, 0.3) is 5.57 Å². The molecule has 0 spiro atoms. The highest BCUT2D eigenvalue weighted by Gasteiger charge is 2.28. The van der Waals surface area contributed by atoms with Gasteiger partial charge in [0.2, 0.25) is 11.6 Å². The molecule has 0 unspecified atom stereocenters. The number of nitro groups is 1. The summed E-state index contributed by atoms with van der Waals surface area (Å²) in [5, 5.41) is 15.6.